The molecule has 0 N–H and O–H groups in total. The maximum Gasteiger partial charge on any atom is 0.148 e. The molecule has 1 saturated heterocycles. The topological polar surface area (TPSA) is 27.7 Å². The Morgan fingerprint density at radius 1 is 1.18 bits per heavy atom. The molecule has 0 aromatic heterocycles. The third-order valence-electron chi connectivity index (χ3n) is 1.59. The number of benzene rings is 1. The van der Waals surface area contributed by atoms with Crippen LogP contribution in [0.5, 0.6) is 0 Å². The lowest BCUT2D eigenvalue weighted by Crippen LogP contribution is -1.98. The van der Waals surface area contributed by atoms with Crippen molar-refractivity contribution in [1.29, 1.82) is 0 Å². The zero-order chi connectivity index (χ0) is 7.52. The smallest absolute Gasteiger partial charge is 0.148 e. The summed E-state index contributed by atoms with van der Waals surface area (Å²) in [5.74, 6) is 0. The van der Waals surface area contributed by atoms with Gasteiger partial charge in [0.2, 0.25) is 0 Å². The van der Waals surface area contributed by atoms with Crippen LogP contribution in [0.3, 0.4) is 0 Å². The molecule has 1 aromatic rings. The van der Waals surface area contributed by atoms with Crippen molar-refractivity contribution >= 4 is 0 Å². The Labute approximate surface area is 64.4 Å². The highest BCUT2D eigenvalue weighted by Gasteiger charge is 2.20. The predicted octanol–water partition coefficient (Wildman–Crippen LogP) is 1.62. The van der Waals surface area contributed by atoms with Crippen molar-refractivity contribution in [3.63, 3.8) is 0 Å². The van der Waals surface area contributed by atoms with Crippen LogP contribution in [0.4, 0.5) is 0 Å². The van der Waals surface area contributed by atoms with Crippen LogP contribution < -0.4 is 0 Å². The zero-order valence-electron chi connectivity index (χ0n) is 5.90. The normalized spacial score (nSPS) is 23.8. The van der Waals surface area contributed by atoms with Gasteiger partial charge in [0, 0.05) is 0 Å². The van der Waals surface area contributed by atoms with Crippen LogP contribution in [0.2, 0.25) is 0 Å². The average Bonchev–Trinajstić information content (AvgIpc) is 2.58. The van der Waals surface area contributed by atoms with E-state index in [-0.39, 0.29) is 6.10 Å². The second-order valence-corrected chi connectivity index (χ2v) is 2.35. The summed E-state index contributed by atoms with van der Waals surface area (Å²) in [5.41, 5.74) is 1.07. The molecule has 1 fully saturated rings. The van der Waals surface area contributed by atoms with E-state index in [0.717, 1.165) is 5.56 Å². The van der Waals surface area contributed by atoms with Gasteiger partial charge in [-0.2, -0.15) is 4.89 Å². The van der Waals surface area contributed by atoms with Crippen LogP contribution in [-0.4, -0.2) is 6.61 Å². The predicted molar refractivity (Wildman–Crippen MR) is 37.3 cm³/mol. The van der Waals surface area contributed by atoms with E-state index >= 15 is 0 Å². The van der Waals surface area contributed by atoms with E-state index in [1.807, 2.05) is 30.3 Å². The summed E-state index contributed by atoms with van der Waals surface area (Å²) in [6, 6.07) is 9.82. The van der Waals surface area contributed by atoms with E-state index in [0.29, 0.717) is 6.61 Å². The van der Waals surface area contributed by atoms with Gasteiger partial charge in [-0.15, -0.1) is 0 Å². The van der Waals surface area contributed by atoms with Crippen LogP contribution >= 0.6 is 0 Å². The summed E-state index contributed by atoms with van der Waals surface area (Å²) in [6.07, 6.45) is -0.0730. The highest BCUT2D eigenvalue weighted by Crippen LogP contribution is 2.22. The largest absolute Gasteiger partial charge is 0.203 e. The van der Waals surface area contributed by atoms with Gasteiger partial charge in [0.25, 0.3) is 0 Å². The summed E-state index contributed by atoms with van der Waals surface area (Å²) in [6.45, 7) is 0.462. The Kier molecular flexibility index (Phi) is 1.85. The highest BCUT2D eigenvalue weighted by molar-refractivity contribution is 5.17. The van der Waals surface area contributed by atoms with Crippen molar-refractivity contribution in [3.05, 3.63) is 35.9 Å². The fourth-order valence-corrected chi connectivity index (χ4v) is 1.01. The molecule has 0 radical (unpaired) electrons. The molecule has 0 amide bonds. The molecule has 0 aliphatic carbocycles. The minimum Gasteiger partial charge on any atom is -0.203 e. The van der Waals surface area contributed by atoms with E-state index in [1.54, 1.807) is 0 Å². The van der Waals surface area contributed by atoms with E-state index in [4.69, 9.17) is 4.89 Å². The van der Waals surface area contributed by atoms with Gasteiger partial charge >= 0.3 is 0 Å². The van der Waals surface area contributed by atoms with Crippen LogP contribution in [0, 0.1) is 0 Å². The summed E-state index contributed by atoms with van der Waals surface area (Å²) in [7, 11) is 0. The Morgan fingerprint density at radius 3 is 2.64 bits per heavy atom. The lowest BCUT2D eigenvalue weighted by molar-refractivity contribution is -0.461. The van der Waals surface area contributed by atoms with Crippen LogP contribution in [0.15, 0.2) is 30.3 Å². The minimum absolute atomic E-state index is 0.0730. The van der Waals surface area contributed by atoms with Crippen molar-refractivity contribution in [2.75, 3.05) is 6.61 Å². The maximum absolute atomic E-state index is 4.82. The van der Waals surface area contributed by atoms with Gasteiger partial charge in [0.15, 0.2) is 0 Å². The molecule has 1 atom stereocenters. The van der Waals surface area contributed by atoms with Gasteiger partial charge in [-0.3, -0.25) is 0 Å². The third-order valence-corrected chi connectivity index (χ3v) is 1.59. The summed E-state index contributed by atoms with van der Waals surface area (Å²) in [4.78, 5) is 9.41. The summed E-state index contributed by atoms with van der Waals surface area (Å²) >= 11 is 0. The summed E-state index contributed by atoms with van der Waals surface area (Å²) in [5, 5.41) is 4.31. The number of rotatable bonds is 1. The first-order valence-corrected chi connectivity index (χ1v) is 3.47. The second-order valence-electron chi connectivity index (χ2n) is 2.35. The van der Waals surface area contributed by atoms with Crippen molar-refractivity contribution in [2.45, 2.75) is 6.10 Å². The molecular weight excluding hydrogens is 144 g/mol. The SMILES string of the molecule is c1ccc(C2COOO2)cc1. The van der Waals surface area contributed by atoms with Crippen molar-refractivity contribution < 1.29 is 14.8 Å². The Bertz CT molecular complexity index is 216. The molecule has 0 spiro atoms. The Hall–Kier alpha value is -0.900. The van der Waals surface area contributed by atoms with Crippen LogP contribution in [-0.2, 0) is 14.8 Å². The second kappa shape index (κ2) is 3.00. The Morgan fingerprint density at radius 2 is 2.00 bits per heavy atom. The molecule has 58 valence electrons. The Balaban J connectivity index is 2.16. The maximum atomic E-state index is 4.82. The molecule has 0 saturated carbocycles. The van der Waals surface area contributed by atoms with Gasteiger partial charge in [-0.05, 0) is 5.56 Å². The van der Waals surface area contributed by atoms with E-state index < -0.39 is 0 Å². The molecular formula is C8H8O3. The number of hydrogen-bond acceptors (Lipinski definition) is 3. The van der Waals surface area contributed by atoms with Gasteiger partial charge in [0.1, 0.15) is 12.7 Å². The zero-order valence-corrected chi connectivity index (χ0v) is 5.90. The quantitative estimate of drug-likeness (QED) is 0.572. The molecule has 11 heavy (non-hydrogen) atoms. The molecule has 1 heterocycles. The molecule has 3 nitrogen and oxygen atoms in total. The fourth-order valence-electron chi connectivity index (χ4n) is 1.01. The van der Waals surface area contributed by atoms with Gasteiger partial charge < -0.3 is 0 Å². The van der Waals surface area contributed by atoms with Crippen LogP contribution in [0.1, 0.15) is 11.7 Å². The van der Waals surface area contributed by atoms with E-state index in [9.17, 15) is 0 Å². The van der Waals surface area contributed by atoms with Crippen molar-refractivity contribution in [2.24, 2.45) is 0 Å². The first-order valence-electron chi connectivity index (χ1n) is 3.47. The van der Waals surface area contributed by atoms with Gasteiger partial charge in [-0.1, -0.05) is 35.4 Å². The highest BCUT2D eigenvalue weighted by atomic mass is 17.5. The molecule has 1 aromatic carbocycles. The van der Waals surface area contributed by atoms with Gasteiger partial charge in [-0.25, -0.2) is 4.89 Å². The lowest BCUT2D eigenvalue weighted by atomic mass is 10.1. The fraction of sp³-hybridized carbons (Fsp3) is 0.250. The first kappa shape index (κ1) is 6.79. The van der Waals surface area contributed by atoms with E-state index in [1.165, 1.54) is 0 Å². The average molecular weight is 152 g/mol. The molecule has 0 bridgehead atoms. The molecule has 1 aliphatic rings. The van der Waals surface area contributed by atoms with E-state index in [2.05, 4.69) is 9.93 Å². The molecule has 2 rings (SSSR count). The monoisotopic (exact) mass is 152 g/mol. The van der Waals surface area contributed by atoms with Crippen molar-refractivity contribution in [1.82, 2.24) is 0 Å². The summed E-state index contributed by atoms with van der Waals surface area (Å²) < 4.78 is 0. The van der Waals surface area contributed by atoms with Crippen LogP contribution in [0.25, 0.3) is 0 Å². The molecule has 1 unspecified atom stereocenters. The van der Waals surface area contributed by atoms with Gasteiger partial charge in [0.05, 0.1) is 0 Å². The molecule has 3 heteroatoms. The first-order chi connectivity index (χ1) is 5.47. The van der Waals surface area contributed by atoms with Crippen molar-refractivity contribution in [3.8, 4) is 0 Å². The minimum atomic E-state index is -0.0730. The third kappa shape index (κ3) is 1.40. The number of hydrogen-bond donors (Lipinski definition) is 0. The lowest BCUT2D eigenvalue weighted by Gasteiger charge is -2.02. The molecule has 1 aliphatic heterocycles. The standard InChI is InChI=1S/C8H8O3/c1-2-4-7(5-3-1)8-6-9-11-10-8/h1-5,8H,6H2.